The molecular weight excluding hydrogens is 162 g/mol. The molecule has 1 saturated carbocycles. The van der Waals surface area contributed by atoms with Crippen LogP contribution in [-0.4, -0.2) is 18.8 Å². The standard InChI is InChI=1S/C11H23NO/c1-3-13-11(9(2)12)10-7-5-4-6-8-10/h9-11H,3-8,12H2,1-2H3/t9-,11?/m0/s1. The van der Waals surface area contributed by atoms with Crippen LogP contribution >= 0.6 is 0 Å². The Morgan fingerprint density at radius 3 is 2.38 bits per heavy atom. The van der Waals surface area contributed by atoms with Gasteiger partial charge >= 0.3 is 0 Å². The van der Waals surface area contributed by atoms with Crippen LogP contribution in [0.5, 0.6) is 0 Å². The second kappa shape index (κ2) is 5.61. The van der Waals surface area contributed by atoms with Crippen molar-refractivity contribution in [3.63, 3.8) is 0 Å². The average molecular weight is 185 g/mol. The van der Waals surface area contributed by atoms with Gasteiger partial charge in [0.1, 0.15) is 0 Å². The highest BCUT2D eigenvalue weighted by Gasteiger charge is 2.26. The fourth-order valence-electron chi connectivity index (χ4n) is 2.37. The zero-order chi connectivity index (χ0) is 9.68. The van der Waals surface area contributed by atoms with Crippen LogP contribution in [0.3, 0.4) is 0 Å². The average Bonchev–Trinajstić information content (AvgIpc) is 2.15. The molecule has 0 heterocycles. The summed E-state index contributed by atoms with van der Waals surface area (Å²) >= 11 is 0. The Kier molecular flexibility index (Phi) is 4.74. The van der Waals surface area contributed by atoms with E-state index >= 15 is 0 Å². The van der Waals surface area contributed by atoms with E-state index in [1.807, 2.05) is 0 Å². The van der Waals surface area contributed by atoms with Gasteiger partial charge in [-0.25, -0.2) is 0 Å². The van der Waals surface area contributed by atoms with Gasteiger partial charge in [-0.1, -0.05) is 19.3 Å². The molecule has 0 bridgehead atoms. The smallest absolute Gasteiger partial charge is 0.0751 e. The van der Waals surface area contributed by atoms with E-state index in [9.17, 15) is 0 Å². The van der Waals surface area contributed by atoms with Crippen molar-refractivity contribution in [3.8, 4) is 0 Å². The van der Waals surface area contributed by atoms with Crippen molar-refractivity contribution in [2.24, 2.45) is 11.7 Å². The van der Waals surface area contributed by atoms with Gasteiger partial charge < -0.3 is 10.5 Å². The van der Waals surface area contributed by atoms with Crippen molar-refractivity contribution in [3.05, 3.63) is 0 Å². The molecule has 0 spiro atoms. The molecule has 78 valence electrons. The number of rotatable bonds is 4. The molecular formula is C11H23NO. The van der Waals surface area contributed by atoms with Crippen molar-refractivity contribution in [2.75, 3.05) is 6.61 Å². The maximum Gasteiger partial charge on any atom is 0.0751 e. The Morgan fingerprint density at radius 2 is 1.92 bits per heavy atom. The van der Waals surface area contributed by atoms with Gasteiger partial charge in [-0.15, -0.1) is 0 Å². The van der Waals surface area contributed by atoms with Crippen LogP contribution in [0.2, 0.25) is 0 Å². The third-order valence-electron chi connectivity index (χ3n) is 2.99. The number of hydrogen-bond donors (Lipinski definition) is 1. The van der Waals surface area contributed by atoms with E-state index in [0.717, 1.165) is 6.61 Å². The maximum atomic E-state index is 5.93. The van der Waals surface area contributed by atoms with Crippen molar-refractivity contribution >= 4 is 0 Å². The summed E-state index contributed by atoms with van der Waals surface area (Å²) in [5, 5.41) is 0. The van der Waals surface area contributed by atoms with Gasteiger partial charge in [0.15, 0.2) is 0 Å². The predicted octanol–water partition coefficient (Wildman–Crippen LogP) is 2.32. The molecule has 2 heteroatoms. The summed E-state index contributed by atoms with van der Waals surface area (Å²) in [6.45, 7) is 4.91. The van der Waals surface area contributed by atoms with Crippen LogP contribution in [0.15, 0.2) is 0 Å². The highest BCUT2D eigenvalue weighted by atomic mass is 16.5. The van der Waals surface area contributed by atoms with Crippen LogP contribution in [0.1, 0.15) is 46.0 Å². The monoisotopic (exact) mass is 185 g/mol. The molecule has 1 fully saturated rings. The largest absolute Gasteiger partial charge is 0.377 e. The number of hydrogen-bond acceptors (Lipinski definition) is 2. The summed E-state index contributed by atoms with van der Waals surface area (Å²) in [6, 6.07) is 0.183. The van der Waals surface area contributed by atoms with Gasteiger partial charge in [-0.3, -0.25) is 0 Å². The Balaban J connectivity index is 2.41. The third-order valence-corrected chi connectivity index (χ3v) is 2.99. The topological polar surface area (TPSA) is 35.2 Å². The lowest BCUT2D eigenvalue weighted by atomic mass is 9.83. The highest BCUT2D eigenvalue weighted by Crippen LogP contribution is 2.28. The van der Waals surface area contributed by atoms with Crippen molar-refractivity contribution in [2.45, 2.75) is 58.1 Å². The van der Waals surface area contributed by atoms with Gasteiger partial charge in [-0.05, 0) is 32.6 Å². The van der Waals surface area contributed by atoms with Crippen molar-refractivity contribution < 1.29 is 4.74 Å². The fraction of sp³-hybridized carbons (Fsp3) is 1.00. The molecule has 13 heavy (non-hydrogen) atoms. The van der Waals surface area contributed by atoms with E-state index in [4.69, 9.17) is 10.5 Å². The van der Waals surface area contributed by atoms with E-state index in [1.54, 1.807) is 0 Å². The molecule has 1 aliphatic carbocycles. The normalized spacial score (nSPS) is 24.2. The van der Waals surface area contributed by atoms with Crippen LogP contribution < -0.4 is 5.73 Å². The van der Waals surface area contributed by atoms with E-state index < -0.39 is 0 Å². The van der Waals surface area contributed by atoms with Crippen LogP contribution in [-0.2, 0) is 4.74 Å². The highest BCUT2D eigenvalue weighted by molar-refractivity contribution is 4.80. The predicted molar refractivity (Wildman–Crippen MR) is 55.6 cm³/mol. The van der Waals surface area contributed by atoms with E-state index in [-0.39, 0.29) is 6.04 Å². The molecule has 2 nitrogen and oxygen atoms in total. The van der Waals surface area contributed by atoms with Gasteiger partial charge in [0.25, 0.3) is 0 Å². The lowest BCUT2D eigenvalue weighted by Gasteiger charge is -2.32. The van der Waals surface area contributed by atoms with Crippen LogP contribution in [0, 0.1) is 5.92 Å². The Hall–Kier alpha value is -0.0800. The summed E-state index contributed by atoms with van der Waals surface area (Å²) in [6.07, 6.45) is 7.04. The van der Waals surface area contributed by atoms with Gasteiger partial charge in [0, 0.05) is 12.6 Å². The molecule has 0 aromatic carbocycles. The van der Waals surface area contributed by atoms with Gasteiger partial charge in [0.05, 0.1) is 6.10 Å². The van der Waals surface area contributed by atoms with Gasteiger partial charge in [0.2, 0.25) is 0 Å². The molecule has 2 N–H and O–H groups in total. The molecule has 0 radical (unpaired) electrons. The zero-order valence-corrected chi connectivity index (χ0v) is 8.96. The summed E-state index contributed by atoms with van der Waals surface area (Å²) in [7, 11) is 0. The minimum Gasteiger partial charge on any atom is -0.377 e. The molecule has 1 aliphatic rings. The first-order valence-corrected chi connectivity index (χ1v) is 5.63. The third kappa shape index (κ3) is 3.28. The van der Waals surface area contributed by atoms with Crippen LogP contribution in [0.4, 0.5) is 0 Å². The summed E-state index contributed by atoms with van der Waals surface area (Å²) < 4.78 is 5.72. The first kappa shape index (κ1) is 11.0. The Morgan fingerprint density at radius 1 is 1.31 bits per heavy atom. The lowest BCUT2D eigenvalue weighted by Crippen LogP contribution is -2.40. The molecule has 0 aliphatic heterocycles. The minimum atomic E-state index is 0.183. The first-order chi connectivity index (χ1) is 6.25. The van der Waals surface area contributed by atoms with Crippen molar-refractivity contribution in [1.29, 1.82) is 0 Å². The second-order valence-electron chi connectivity index (χ2n) is 4.18. The minimum absolute atomic E-state index is 0.183. The zero-order valence-electron chi connectivity index (χ0n) is 8.96. The van der Waals surface area contributed by atoms with Gasteiger partial charge in [-0.2, -0.15) is 0 Å². The summed E-state index contributed by atoms with van der Waals surface area (Å²) in [5.74, 6) is 0.716. The fourth-order valence-corrected chi connectivity index (χ4v) is 2.37. The molecule has 1 rings (SSSR count). The van der Waals surface area contributed by atoms with E-state index in [2.05, 4.69) is 13.8 Å². The Bertz CT molecular complexity index is 130. The number of nitrogens with two attached hydrogens (primary N) is 1. The number of ether oxygens (including phenoxy) is 1. The summed E-state index contributed by atoms with van der Waals surface area (Å²) in [5.41, 5.74) is 5.93. The maximum absolute atomic E-state index is 5.93. The lowest BCUT2D eigenvalue weighted by molar-refractivity contribution is -0.00558. The molecule has 0 saturated heterocycles. The molecule has 0 amide bonds. The second-order valence-corrected chi connectivity index (χ2v) is 4.18. The summed E-state index contributed by atoms with van der Waals surface area (Å²) in [4.78, 5) is 0. The first-order valence-electron chi connectivity index (χ1n) is 5.63. The van der Waals surface area contributed by atoms with E-state index in [1.165, 1.54) is 32.1 Å². The van der Waals surface area contributed by atoms with Crippen LogP contribution in [0.25, 0.3) is 0 Å². The van der Waals surface area contributed by atoms with Crippen molar-refractivity contribution in [1.82, 2.24) is 0 Å². The molecule has 0 aromatic rings. The molecule has 0 aromatic heterocycles. The molecule has 2 atom stereocenters. The Labute approximate surface area is 81.8 Å². The SMILES string of the molecule is CCOC(C1CCCCC1)[C@H](C)N. The quantitative estimate of drug-likeness (QED) is 0.729. The van der Waals surface area contributed by atoms with E-state index in [0.29, 0.717) is 12.0 Å². The molecule has 1 unspecified atom stereocenters.